The maximum atomic E-state index is 13.0. The van der Waals surface area contributed by atoms with Gasteiger partial charge in [0, 0.05) is 6.54 Å². The van der Waals surface area contributed by atoms with Gasteiger partial charge in [-0.3, -0.25) is 9.69 Å². The molecule has 1 aromatic carbocycles. The molecule has 134 valence electrons. The van der Waals surface area contributed by atoms with E-state index >= 15 is 0 Å². The van der Waals surface area contributed by atoms with Crippen molar-refractivity contribution in [1.29, 1.82) is 0 Å². The standard InChI is InChI=1S/C20H26N2O3/c1-20(2,3)25-19(24)22-16-6-4-5-14(12-7-8-12)15(16)11-21-18(23)17(22)13-9-10-13/h4-6,12-13,17H,7-11H2,1-3H3,(H,21,23). The van der Waals surface area contributed by atoms with Gasteiger partial charge in [0.1, 0.15) is 11.6 Å². The van der Waals surface area contributed by atoms with Crippen molar-refractivity contribution in [3.8, 4) is 0 Å². The number of hydrogen-bond donors (Lipinski definition) is 1. The molecule has 1 aliphatic heterocycles. The largest absolute Gasteiger partial charge is 0.443 e. The lowest BCUT2D eigenvalue weighted by Crippen LogP contribution is -2.50. The van der Waals surface area contributed by atoms with E-state index in [1.54, 1.807) is 4.90 Å². The lowest BCUT2D eigenvalue weighted by Gasteiger charge is -2.32. The molecule has 0 aromatic heterocycles. The van der Waals surface area contributed by atoms with E-state index in [1.807, 2.05) is 32.9 Å². The molecule has 1 N–H and O–H groups in total. The smallest absolute Gasteiger partial charge is 0.415 e. The van der Waals surface area contributed by atoms with Crippen LogP contribution in [0.2, 0.25) is 0 Å². The van der Waals surface area contributed by atoms with Crippen LogP contribution in [0.4, 0.5) is 10.5 Å². The molecule has 0 saturated heterocycles. The van der Waals surface area contributed by atoms with Gasteiger partial charge in [-0.2, -0.15) is 0 Å². The van der Waals surface area contributed by atoms with E-state index in [-0.39, 0.29) is 11.8 Å². The number of ether oxygens (including phenoxy) is 1. The van der Waals surface area contributed by atoms with Crippen molar-refractivity contribution in [2.24, 2.45) is 5.92 Å². The molecule has 5 heteroatoms. The van der Waals surface area contributed by atoms with E-state index in [1.165, 1.54) is 18.4 Å². The van der Waals surface area contributed by atoms with Gasteiger partial charge in [0.25, 0.3) is 0 Å². The Hall–Kier alpha value is -2.04. The van der Waals surface area contributed by atoms with Gasteiger partial charge in [0.15, 0.2) is 0 Å². The Morgan fingerprint density at radius 2 is 1.92 bits per heavy atom. The van der Waals surface area contributed by atoms with Gasteiger partial charge in [0.2, 0.25) is 5.91 Å². The van der Waals surface area contributed by atoms with E-state index in [2.05, 4.69) is 11.4 Å². The van der Waals surface area contributed by atoms with Crippen LogP contribution >= 0.6 is 0 Å². The van der Waals surface area contributed by atoms with E-state index < -0.39 is 17.7 Å². The Labute approximate surface area is 148 Å². The number of hydrogen-bond acceptors (Lipinski definition) is 3. The van der Waals surface area contributed by atoms with Crippen molar-refractivity contribution in [1.82, 2.24) is 5.32 Å². The molecule has 4 rings (SSSR count). The average Bonchev–Trinajstić information content (AvgIpc) is 3.38. The molecule has 1 aromatic rings. The van der Waals surface area contributed by atoms with E-state index in [0.29, 0.717) is 12.5 Å². The van der Waals surface area contributed by atoms with Crippen LogP contribution in [0, 0.1) is 5.92 Å². The van der Waals surface area contributed by atoms with Crippen LogP contribution in [0.25, 0.3) is 0 Å². The van der Waals surface area contributed by atoms with Gasteiger partial charge in [-0.25, -0.2) is 4.79 Å². The minimum absolute atomic E-state index is 0.0636. The SMILES string of the molecule is CC(C)(C)OC(=O)N1c2cccc(C3CC3)c2CNC(=O)C1C1CC1. The maximum Gasteiger partial charge on any atom is 0.415 e. The van der Waals surface area contributed by atoms with Crippen molar-refractivity contribution in [3.05, 3.63) is 29.3 Å². The van der Waals surface area contributed by atoms with Crippen LogP contribution in [-0.4, -0.2) is 23.6 Å². The topological polar surface area (TPSA) is 58.6 Å². The lowest BCUT2D eigenvalue weighted by atomic mass is 10.00. The molecule has 1 heterocycles. The molecule has 0 radical (unpaired) electrons. The predicted octanol–water partition coefficient (Wildman–Crippen LogP) is 3.71. The number of rotatable bonds is 2. The zero-order chi connectivity index (χ0) is 17.8. The third-order valence-corrected chi connectivity index (χ3v) is 5.11. The molecule has 2 fully saturated rings. The number of benzene rings is 1. The van der Waals surface area contributed by atoms with E-state index in [4.69, 9.17) is 4.74 Å². The zero-order valence-corrected chi connectivity index (χ0v) is 15.2. The fraction of sp³-hybridized carbons (Fsp3) is 0.600. The molecule has 2 saturated carbocycles. The Morgan fingerprint density at radius 3 is 2.52 bits per heavy atom. The first-order valence-electron chi connectivity index (χ1n) is 9.27. The first kappa shape index (κ1) is 16.4. The first-order chi connectivity index (χ1) is 11.8. The highest BCUT2D eigenvalue weighted by atomic mass is 16.6. The number of carbonyl (C=O) groups is 2. The Kier molecular flexibility index (Phi) is 3.78. The molecule has 1 unspecified atom stereocenters. The summed E-state index contributed by atoms with van der Waals surface area (Å²) in [6.45, 7) is 6.06. The summed E-state index contributed by atoms with van der Waals surface area (Å²) < 4.78 is 5.67. The normalized spacial score (nSPS) is 23.6. The molecule has 5 nitrogen and oxygen atoms in total. The summed E-state index contributed by atoms with van der Waals surface area (Å²) in [5.74, 6) is 0.721. The molecule has 0 bridgehead atoms. The molecule has 1 atom stereocenters. The Balaban J connectivity index is 1.79. The minimum Gasteiger partial charge on any atom is -0.443 e. The lowest BCUT2D eigenvalue weighted by molar-refractivity contribution is -0.122. The monoisotopic (exact) mass is 342 g/mol. The summed E-state index contributed by atoms with van der Waals surface area (Å²) in [6.07, 6.45) is 3.91. The average molecular weight is 342 g/mol. The summed E-state index contributed by atoms with van der Waals surface area (Å²) in [4.78, 5) is 27.5. The molecule has 2 amide bonds. The molecule has 25 heavy (non-hydrogen) atoms. The summed E-state index contributed by atoms with van der Waals surface area (Å²) in [6, 6.07) is 5.63. The second kappa shape index (κ2) is 5.75. The predicted molar refractivity (Wildman–Crippen MR) is 95.5 cm³/mol. The number of nitrogens with zero attached hydrogens (tertiary/aromatic N) is 1. The Bertz CT molecular complexity index is 714. The molecular formula is C20H26N2O3. The van der Waals surface area contributed by atoms with Crippen molar-refractivity contribution in [3.63, 3.8) is 0 Å². The second-order valence-corrected chi connectivity index (χ2v) is 8.47. The summed E-state index contributed by atoms with van der Waals surface area (Å²) in [7, 11) is 0. The highest BCUT2D eigenvalue weighted by molar-refractivity contribution is 6.00. The number of amides is 2. The number of fused-ring (bicyclic) bond motifs is 1. The second-order valence-electron chi connectivity index (χ2n) is 8.47. The van der Waals surface area contributed by atoms with Crippen molar-refractivity contribution >= 4 is 17.7 Å². The maximum absolute atomic E-state index is 13.0. The molecule has 0 spiro atoms. The summed E-state index contributed by atoms with van der Waals surface area (Å²) in [5, 5.41) is 3.05. The summed E-state index contributed by atoms with van der Waals surface area (Å²) in [5.41, 5.74) is 2.59. The van der Waals surface area contributed by atoms with Crippen LogP contribution in [0.1, 0.15) is 63.5 Å². The number of nitrogens with one attached hydrogen (secondary N) is 1. The van der Waals surface area contributed by atoms with Crippen molar-refractivity contribution < 1.29 is 14.3 Å². The number of carbonyl (C=O) groups excluding carboxylic acids is 2. The quantitative estimate of drug-likeness (QED) is 0.891. The minimum atomic E-state index is -0.595. The molecular weight excluding hydrogens is 316 g/mol. The third-order valence-electron chi connectivity index (χ3n) is 5.11. The highest BCUT2D eigenvalue weighted by Crippen LogP contribution is 2.46. The first-order valence-corrected chi connectivity index (χ1v) is 9.27. The van der Waals surface area contributed by atoms with Gasteiger partial charge in [-0.05, 0) is 75.5 Å². The highest BCUT2D eigenvalue weighted by Gasteiger charge is 2.46. The molecule has 3 aliphatic rings. The van der Waals surface area contributed by atoms with E-state index in [0.717, 1.165) is 24.1 Å². The van der Waals surface area contributed by atoms with Gasteiger partial charge in [-0.1, -0.05) is 12.1 Å². The zero-order valence-electron chi connectivity index (χ0n) is 15.2. The van der Waals surface area contributed by atoms with Crippen LogP contribution in [0.5, 0.6) is 0 Å². The van der Waals surface area contributed by atoms with Gasteiger partial charge >= 0.3 is 6.09 Å². The van der Waals surface area contributed by atoms with Crippen LogP contribution < -0.4 is 10.2 Å². The molecule has 2 aliphatic carbocycles. The van der Waals surface area contributed by atoms with Crippen molar-refractivity contribution in [2.75, 3.05) is 4.90 Å². The third kappa shape index (κ3) is 3.24. The number of anilines is 1. The van der Waals surface area contributed by atoms with Gasteiger partial charge in [0.05, 0.1) is 5.69 Å². The fourth-order valence-electron chi connectivity index (χ4n) is 3.69. The van der Waals surface area contributed by atoms with Crippen molar-refractivity contribution in [2.45, 2.75) is 70.6 Å². The van der Waals surface area contributed by atoms with Crippen LogP contribution in [-0.2, 0) is 16.1 Å². The van der Waals surface area contributed by atoms with Gasteiger partial charge in [-0.15, -0.1) is 0 Å². The van der Waals surface area contributed by atoms with Gasteiger partial charge < -0.3 is 10.1 Å². The Morgan fingerprint density at radius 1 is 1.20 bits per heavy atom. The summed E-state index contributed by atoms with van der Waals surface area (Å²) >= 11 is 0. The van der Waals surface area contributed by atoms with Crippen LogP contribution in [0.15, 0.2) is 18.2 Å². The van der Waals surface area contributed by atoms with E-state index in [9.17, 15) is 9.59 Å². The van der Waals surface area contributed by atoms with Crippen LogP contribution in [0.3, 0.4) is 0 Å². The fourth-order valence-corrected chi connectivity index (χ4v) is 3.69.